The fourth-order valence-corrected chi connectivity index (χ4v) is 4.70. The Morgan fingerprint density at radius 2 is 1.62 bits per heavy atom. The predicted octanol–water partition coefficient (Wildman–Crippen LogP) is 5.30. The van der Waals surface area contributed by atoms with Crippen molar-refractivity contribution in [3.05, 3.63) is 82.0 Å². The van der Waals surface area contributed by atoms with Crippen molar-refractivity contribution in [2.45, 2.75) is 44.8 Å². The molecule has 1 radical (unpaired) electrons. The van der Waals surface area contributed by atoms with Crippen LogP contribution in [-0.4, -0.2) is 29.4 Å². The van der Waals surface area contributed by atoms with Crippen LogP contribution in [0.15, 0.2) is 65.4 Å². The van der Waals surface area contributed by atoms with Crippen molar-refractivity contribution in [1.82, 2.24) is 10.2 Å². The van der Waals surface area contributed by atoms with E-state index in [1.54, 1.807) is 22.7 Å². The highest BCUT2D eigenvalue weighted by atomic mass is 32.1. The number of benzene rings is 1. The van der Waals surface area contributed by atoms with E-state index >= 15 is 0 Å². The molecule has 5 nitrogen and oxygen atoms in total. The summed E-state index contributed by atoms with van der Waals surface area (Å²) in [5.41, 5.74) is 0. The molecule has 7 heteroatoms. The Morgan fingerprint density at radius 1 is 0.969 bits per heavy atom. The van der Waals surface area contributed by atoms with Crippen LogP contribution in [0.3, 0.4) is 0 Å². The van der Waals surface area contributed by atoms with E-state index in [1.807, 2.05) is 70.3 Å². The van der Waals surface area contributed by atoms with Crippen LogP contribution in [-0.2, 0) is 22.7 Å². The van der Waals surface area contributed by atoms with Crippen LogP contribution >= 0.6 is 22.7 Å². The highest BCUT2D eigenvalue weighted by molar-refractivity contribution is 7.10. The van der Waals surface area contributed by atoms with Gasteiger partial charge in [-0.3, -0.25) is 9.59 Å². The molecular weight excluding hydrogens is 440 g/mol. The number of ether oxygens (including phenoxy) is 1. The van der Waals surface area contributed by atoms with E-state index in [0.717, 1.165) is 21.9 Å². The van der Waals surface area contributed by atoms with E-state index in [0.29, 0.717) is 25.9 Å². The summed E-state index contributed by atoms with van der Waals surface area (Å²) in [6, 6.07) is 16.9. The van der Waals surface area contributed by atoms with Gasteiger partial charge in [-0.05, 0) is 41.4 Å². The first-order chi connectivity index (χ1) is 15.7. The summed E-state index contributed by atoms with van der Waals surface area (Å²) in [4.78, 5) is 30.2. The smallest absolute Gasteiger partial charge is 0.245 e. The molecule has 0 aliphatic heterocycles. The lowest BCUT2D eigenvalue weighted by Gasteiger charge is -2.27. The second-order valence-electron chi connectivity index (χ2n) is 7.38. The molecule has 32 heavy (non-hydrogen) atoms. The summed E-state index contributed by atoms with van der Waals surface area (Å²) >= 11 is 3.26. The van der Waals surface area contributed by atoms with Gasteiger partial charge < -0.3 is 15.0 Å². The first-order valence-corrected chi connectivity index (χ1v) is 12.5. The fraction of sp³-hybridized carbons (Fsp3) is 0.320. The van der Waals surface area contributed by atoms with E-state index in [9.17, 15) is 9.59 Å². The third-order valence-corrected chi connectivity index (χ3v) is 6.60. The maximum Gasteiger partial charge on any atom is 0.245 e. The molecule has 1 aromatic carbocycles. The second kappa shape index (κ2) is 13.0. The van der Waals surface area contributed by atoms with E-state index in [-0.39, 0.29) is 24.8 Å². The number of para-hydroxylation sites is 1. The zero-order valence-electron chi connectivity index (χ0n) is 18.1. The molecule has 0 spiro atoms. The standard InChI is InChI=1S/C25H29N2O3S2/c1-2-3-13-23(26-24(28)14-15-30-20-9-5-4-6-10-20)25(29)27(18-21-11-7-16-31-21)19-22-12-8-17-32-22/h4-12,16-17,23H,1-3,13-15,18-19H2,(H,26,28)/t23-/m0/s1. The molecular formula is C25H29N2O3S2. The molecule has 0 bridgehead atoms. The number of carbonyl (C=O) groups is 2. The van der Waals surface area contributed by atoms with Gasteiger partial charge >= 0.3 is 0 Å². The fourth-order valence-electron chi connectivity index (χ4n) is 3.26. The lowest BCUT2D eigenvalue weighted by atomic mass is 10.1. The van der Waals surface area contributed by atoms with Crippen molar-refractivity contribution in [3.8, 4) is 5.75 Å². The number of amides is 2. The van der Waals surface area contributed by atoms with Crippen molar-refractivity contribution >= 4 is 34.5 Å². The Kier molecular flexibility index (Phi) is 9.78. The minimum atomic E-state index is -0.569. The zero-order valence-corrected chi connectivity index (χ0v) is 19.7. The number of hydrogen-bond donors (Lipinski definition) is 1. The lowest BCUT2D eigenvalue weighted by Crippen LogP contribution is -2.48. The topological polar surface area (TPSA) is 58.6 Å². The van der Waals surface area contributed by atoms with Gasteiger partial charge in [0.2, 0.25) is 11.8 Å². The van der Waals surface area contributed by atoms with Crippen LogP contribution in [0.1, 0.15) is 35.4 Å². The van der Waals surface area contributed by atoms with E-state index in [4.69, 9.17) is 4.74 Å². The third-order valence-electron chi connectivity index (χ3n) is 4.88. The number of hydrogen-bond acceptors (Lipinski definition) is 5. The van der Waals surface area contributed by atoms with E-state index in [2.05, 4.69) is 12.2 Å². The van der Waals surface area contributed by atoms with Crippen molar-refractivity contribution in [2.24, 2.45) is 0 Å². The first-order valence-electron chi connectivity index (χ1n) is 10.8. The first kappa shape index (κ1) is 24.0. The van der Waals surface area contributed by atoms with Gasteiger partial charge in [-0.1, -0.05) is 50.1 Å². The van der Waals surface area contributed by atoms with Crippen molar-refractivity contribution in [2.75, 3.05) is 6.61 Å². The summed E-state index contributed by atoms with van der Waals surface area (Å²) in [6.45, 7) is 5.22. The maximum absolute atomic E-state index is 13.5. The Bertz CT molecular complexity index is 891. The van der Waals surface area contributed by atoms with Crippen LogP contribution in [0, 0.1) is 6.92 Å². The molecule has 2 aromatic heterocycles. The van der Waals surface area contributed by atoms with Gasteiger partial charge in [0, 0.05) is 9.75 Å². The highest BCUT2D eigenvalue weighted by Gasteiger charge is 2.26. The minimum absolute atomic E-state index is 0.0578. The quantitative estimate of drug-likeness (QED) is 0.370. The number of rotatable bonds is 13. The largest absolute Gasteiger partial charge is 0.493 e. The Morgan fingerprint density at radius 3 is 2.19 bits per heavy atom. The molecule has 0 unspecified atom stereocenters. The second-order valence-corrected chi connectivity index (χ2v) is 9.44. The Hall–Kier alpha value is -2.64. The van der Waals surface area contributed by atoms with E-state index in [1.165, 1.54) is 0 Å². The van der Waals surface area contributed by atoms with Crippen LogP contribution in [0.25, 0.3) is 0 Å². The zero-order chi connectivity index (χ0) is 22.6. The molecule has 0 saturated carbocycles. The summed E-state index contributed by atoms with van der Waals surface area (Å²) in [5, 5.41) is 6.97. The highest BCUT2D eigenvalue weighted by Crippen LogP contribution is 2.19. The summed E-state index contributed by atoms with van der Waals surface area (Å²) in [7, 11) is 0. The van der Waals surface area contributed by atoms with E-state index < -0.39 is 6.04 Å². The number of nitrogens with zero attached hydrogens (tertiary/aromatic N) is 1. The Balaban J connectivity index is 1.62. The van der Waals surface area contributed by atoms with Gasteiger partial charge in [0.05, 0.1) is 26.1 Å². The molecule has 0 aliphatic rings. The summed E-state index contributed by atoms with van der Waals surface area (Å²) < 4.78 is 5.62. The van der Waals surface area contributed by atoms with Crippen molar-refractivity contribution in [1.29, 1.82) is 0 Å². The lowest BCUT2D eigenvalue weighted by molar-refractivity contribution is -0.137. The van der Waals surface area contributed by atoms with Crippen LogP contribution in [0.4, 0.5) is 0 Å². The molecule has 3 aromatic rings. The van der Waals surface area contributed by atoms with Crippen LogP contribution in [0.5, 0.6) is 5.75 Å². The van der Waals surface area contributed by atoms with Gasteiger partial charge in [0.25, 0.3) is 0 Å². The third kappa shape index (κ3) is 7.80. The van der Waals surface area contributed by atoms with Crippen molar-refractivity contribution in [3.63, 3.8) is 0 Å². The minimum Gasteiger partial charge on any atom is -0.493 e. The van der Waals surface area contributed by atoms with Gasteiger partial charge in [-0.2, -0.15) is 0 Å². The van der Waals surface area contributed by atoms with Gasteiger partial charge in [-0.25, -0.2) is 0 Å². The molecule has 0 aliphatic carbocycles. The SMILES string of the molecule is [CH2]CCC[C@H](NC(=O)CCOc1ccccc1)C(=O)N(Cc1cccs1)Cc1cccs1. The Labute approximate surface area is 198 Å². The average Bonchev–Trinajstić information content (AvgIpc) is 3.51. The molecule has 0 saturated heterocycles. The molecule has 1 N–H and O–H groups in total. The number of nitrogens with one attached hydrogen (secondary N) is 1. The molecule has 169 valence electrons. The number of unbranched alkanes of at least 4 members (excludes halogenated alkanes) is 1. The normalized spacial score (nSPS) is 11.7. The number of thiophene rings is 2. The van der Waals surface area contributed by atoms with Crippen LogP contribution < -0.4 is 10.1 Å². The molecule has 3 rings (SSSR count). The molecule has 2 amide bonds. The van der Waals surface area contributed by atoms with Gasteiger partial charge in [0.15, 0.2) is 0 Å². The molecule has 1 atom stereocenters. The summed E-state index contributed by atoms with van der Waals surface area (Å²) in [5.74, 6) is 0.483. The summed E-state index contributed by atoms with van der Waals surface area (Å²) in [6.07, 6.45) is 2.24. The van der Waals surface area contributed by atoms with Crippen LogP contribution in [0.2, 0.25) is 0 Å². The molecule has 0 fully saturated rings. The van der Waals surface area contributed by atoms with Gasteiger partial charge in [-0.15, -0.1) is 22.7 Å². The molecule has 2 heterocycles. The van der Waals surface area contributed by atoms with Gasteiger partial charge in [0.1, 0.15) is 11.8 Å². The monoisotopic (exact) mass is 469 g/mol. The predicted molar refractivity (Wildman–Crippen MR) is 131 cm³/mol. The maximum atomic E-state index is 13.5. The van der Waals surface area contributed by atoms with Crippen molar-refractivity contribution < 1.29 is 14.3 Å². The average molecular weight is 470 g/mol. The number of carbonyl (C=O) groups excluding carboxylic acids is 2.